The van der Waals surface area contributed by atoms with Crippen molar-refractivity contribution in [3.63, 3.8) is 0 Å². The number of halogens is 1. The largest absolute Gasteiger partial charge is 0.248 e. The topological polar surface area (TPSA) is 12.9 Å². The summed E-state index contributed by atoms with van der Waals surface area (Å²) in [4.78, 5) is 4.69. The maximum atomic E-state index is 6.12. The molecule has 0 unspecified atom stereocenters. The summed E-state index contributed by atoms with van der Waals surface area (Å²) in [5.41, 5.74) is 4.16. The summed E-state index contributed by atoms with van der Waals surface area (Å²) in [6, 6.07) is 18.3. The standard InChI is InChI=1S/C16H12ClN/c1-11-9-16-13(10-14(11)17)7-8-15(18-16)12-5-3-2-4-6-12/h2-10H,1H3. The van der Waals surface area contributed by atoms with Gasteiger partial charge in [-0.2, -0.15) is 0 Å². The highest BCUT2D eigenvalue weighted by Gasteiger charge is 2.03. The van der Waals surface area contributed by atoms with Crippen LogP contribution in [0.2, 0.25) is 5.02 Å². The number of aryl methyl sites for hydroxylation is 1. The van der Waals surface area contributed by atoms with E-state index >= 15 is 0 Å². The normalized spacial score (nSPS) is 10.8. The number of benzene rings is 2. The van der Waals surface area contributed by atoms with Gasteiger partial charge in [0.2, 0.25) is 0 Å². The van der Waals surface area contributed by atoms with E-state index in [1.54, 1.807) is 0 Å². The fourth-order valence-corrected chi connectivity index (χ4v) is 2.19. The lowest BCUT2D eigenvalue weighted by molar-refractivity contribution is 1.38. The molecule has 0 aliphatic rings. The molecule has 3 rings (SSSR count). The number of aromatic nitrogens is 1. The van der Waals surface area contributed by atoms with Gasteiger partial charge in [0.05, 0.1) is 11.2 Å². The van der Waals surface area contributed by atoms with Crippen LogP contribution in [0.1, 0.15) is 5.56 Å². The number of fused-ring (bicyclic) bond motifs is 1. The lowest BCUT2D eigenvalue weighted by atomic mass is 10.1. The first-order chi connectivity index (χ1) is 8.74. The Hall–Kier alpha value is -1.86. The molecular formula is C16H12ClN. The van der Waals surface area contributed by atoms with Crippen LogP contribution in [0.15, 0.2) is 54.6 Å². The van der Waals surface area contributed by atoms with Crippen LogP contribution in [0.25, 0.3) is 22.2 Å². The summed E-state index contributed by atoms with van der Waals surface area (Å²) >= 11 is 6.12. The summed E-state index contributed by atoms with van der Waals surface area (Å²) in [5, 5.41) is 1.86. The van der Waals surface area contributed by atoms with Gasteiger partial charge in [-0.3, -0.25) is 0 Å². The van der Waals surface area contributed by atoms with Gasteiger partial charge in [0.15, 0.2) is 0 Å². The highest BCUT2D eigenvalue weighted by molar-refractivity contribution is 6.32. The predicted octanol–water partition coefficient (Wildman–Crippen LogP) is 4.86. The zero-order valence-electron chi connectivity index (χ0n) is 10.0. The highest BCUT2D eigenvalue weighted by atomic mass is 35.5. The minimum atomic E-state index is 0.789. The lowest BCUT2D eigenvalue weighted by Gasteiger charge is -2.05. The molecule has 0 saturated heterocycles. The monoisotopic (exact) mass is 253 g/mol. The van der Waals surface area contributed by atoms with E-state index in [2.05, 4.69) is 23.2 Å². The first kappa shape index (κ1) is 11.2. The van der Waals surface area contributed by atoms with Crippen LogP contribution in [0.4, 0.5) is 0 Å². The summed E-state index contributed by atoms with van der Waals surface area (Å²) < 4.78 is 0. The molecule has 2 heteroatoms. The Kier molecular flexibility index (Phi) is 2.77. The van der Waals surface area contributed by atoms with Gasteiger partial charge in [-0.25, -0.2) is 4.98 Å². The van der Waals surface area contributed by atoms with E-state index in [9.17, 15) is 0 Å². The quantitative estimate of drug-likeness (QED) is 0.603. The van der Waals surface area contributed by atoms with Crippen LogP contribution in [-0.2, 0) is 0 Å². The van der Waals surface area contributed by atoms with Crippen molar-refractivity contribution >= 4 is 22.5 Å². The van der Waals surface area contributed by atoms with Gasteiger partial charge < -0.3 is 0 Å². The van der Waals surface area contributed by atoms with E-state index in [0.717, 1.165) is 32.7 Å². The molecule has 0 bridgehead atoms. The second-order valence-corrected chi connectivity index (χ2v) is 4.76. The summed E-state index contributed by atoms with van der Waals surface area (Å²) in [5.74, 6) is 0. The molecule has 18 heavy (non-hydrogen) atoms. The molecule has 0 N–H and O–H groups in total. The SMILES string of the molecule is Cc1cc2nc(-c3ccccc3)ccc2cc1Cl. The number of hydrogen-bond acceptors (Lipinski definition) is 1. The van der Waals surface area contributed by atoms with Crippen molar-refractivity contribution in [3.05, 3.63) is 65.2 Å². The molecular weight excluding hydrogens is 242 g/mol. The zero-order chi connectivity index (χ0) is 12.5. The fourth-order valence-electron chi connectivity index (χ4n) is 2.02. The molecule has 88 valence electrons. The number of pyridine rings is 1. The summed E-state index contributed by atoms with van der Waals surface area (Å²) in [6.07, 6.45) is 0. The minimum absolute atomic E-state index is 0.789. The van der Waals surface area contributed by atoms with Gasteiger partial charge in [0, 0.05) is 16.0 Å². The Morgan fingerprint density at radius 1 is 0.944 bits per heavy atom. The van der Waals surface area contributed by atoms with Gasteiger partial charge in [0.1, 0.15) is 0 Å². The lowest BCUT2D eigenvalue weighted by Crippen LogP contribution is -1.86. The van der Waals surface area contributed by atoms with Crippen LogP contribution in [-0.4, -0.2) is 4.98 Å². The number of nitrogens with zero attached hydrogens (tertiary/aromatic N) is 1. The Bertz CT molecular complexity index is 705. The predicted molar refractivity (Wildman–Crippen MR) is 76.9 cm³/mol. The molecule has 2 aromatic carbocycles. The zero-order valence-corrected chi connectivity index (χ0v) is 10.8. The molecule has 3 aromatic rings. The maximum Gasteiger partial charge on any atom is 0.0713 e. The molecule has 0 saturated carbocycles. The van der Waals surface area contributed by atoms with Gasteiger partial charge >= 0.3 is 0 Å². The molecule has 0 atom stereocenters. The average Bonchev–Trinajstić information content (AvgIpc) is 2.41. The summed E-state index contributed by atoms with van der Waals surface area (Å²) in [6.45, 7) is 2.00. The molecule has 1 nitrogen and oxygen atoms in total. The van der Waals surface area contributed by atoms with Crippen molar-refractivity contribution < 1.29 is 0 Å². The molecule has 0 fully saturated rings. The van der Waals surface area contributed by atoms with Crippen molar-refractivity contribution in [1.82, 2.24) is 4.98 Å². The molecule has 0 spiro atoms. The van der Waals surface area contributed by atoms with Crippen LogP contribution in [0.3, 0.4) is 0 Å². The Morgan fingerprint density at radius 3 is 2.50 bits per heavy atom. The first-order valence-corrected chi connectivity index (χ1v) is 6.24. The van der Waals surface area contributed by atoms with E-state index < -0.39 is 0 Å². The average molecular weight is 254 g/mol. The van der Waals surface area contributed by atoms with Crippen molar-refractivity contribution in [1.29, 1.82) is 0 Å². The van der Waals surface area contributed by atoms with Gasteiger partial charge in [0.25, 0.3) is 0 Å². The molecule has 1 aromatic heterocycles. The smallest absolute Gasteiger partial charge is 0.0713 e. The Morgan fingerprint density at radius 2 is 1.72 bits per heavy atom. The van der Waals surface area contributed by atoms with Crippen LogP contribution < -0.4 is 0 Å². The Labute approximate surface area is 111 Å². The number of hydrogen-bond donors (Lipinski definition) is 0. The van der Waals surface area contributed by atoms with Crippen molar-refractivity contribution in [2.45, 2.75) is 6.92 Å². The van der Waals surface area contributed by atoms with Gasteiger partial charge in [-0.05, 0) is 30.7 Å². The van der Waals surface area contributed by atoms with E-state index in [4.69, 9.17) is 11.6 Å². The molecule has 0 aliphatic carbocycles. The van der Waals surface area contributed by atoms with Crippen molar-refractivity contribution in [2.75, 3.05) is 0 Å². The third kappa shape index (κ3) is 1.98. The fraction of sp³-hybridized carbons (Fsp3) is 0.0625. The molecule has 0 radical (unpaired) electrons. The van der Waals surface area contributed by atoms with Crippen molar-refractivity contribution in [3.8, 4) is 11.3 Å². The third-order valence-electron chi connectivity index (χ3n) is 3.04. The number of rotatable bonds is 1. The Balaban J connectivity index is 2.20. The molecule has 1 heterocycles. The van der Waals surface area contributed by atoms with Gasteiger partial charge in [-0.15, -0.1) is 0 Å². The van der Waals surface area contributed by atoms with Crippen LogP contribution in [0, 0.1) is 6.92 Å². The van der Waals surface area contributed by atoms with Gasteiger partial charge in [-0.1, -0.05) is 48.0 Å². The second kappa shape index (κ2) is 4.43. The maximum absolute atomic E-state index is 6.12. The third-order valence-corrected chi connectivity index (χ3v) is 3.45. The van der Waals surface area contributed by atoms with Crippen LogP contribution in [0.5, 0.6) is 0 Å². The van der Waals surface area contributed by atoms with E-state index in [1.165, 1.54) is 0 Å². The first-order valence-electron chi connectivity index (χ1n) is 5.86. The second-order valence-electron chi connectivity index (χ2n) is 4.36. The molecule has 0 aliphatic heterocycles. The van der Waals surface area contributed by atoms with E-state index in [1.807, 2.05) is 43.3 Å². The van der Waals surface area contributed by atoms with E-state index in [-0.39, 0.29) is 0 Å². The van der Waals surface area contributed by atoms with Crippen LogP contribution >= 0.6 is 11.6 Å². The highest BCUT2D eigenvalue weighted by Crippen LogP contribution is 2.25. The van der Waals surface area contributed by atoms with E-state index in [0.29, 0.717) is 0 Å². The molecule has 0 amide bonds. The van der Waals surface area contributed by atoms with Crippen molar-refractivity contribution in [2.24, 2.45) is 0 Å². The minimum Gasteiger partial charge on any atom is -0.248 e. The summed E-state index contributed by atoms with van der Waals surface area (Å²) in [7, 11) is 0.